The van der Waals surface area contributed by atoms with E-state index in [9.17, 15) is 14.0 Å². The lowest BCUT2D eigenvalue weighted by Gasteiger charge is -2.26. The highest BCUT2D eigenvalue weighted by Gasteiger charge is 2.66. The minimum atomic E-state index is -0.705. The van der Waals surface area contributed by atoms with Crippen molar-refractivity contribution in [3.8, 4) is 0 Å². The highest BCUT2D eigenvalue weighted by molar-refractivity contribution is 6.17. The van der Waals surface area contributed by atoms with Gasteiger partial charge in [0.15, 0.2) is 11.6 Å². The first-order valence-electron chi connectivity index (χ1n) is 9.93. The zero-order valence-electron chi connectivity index (χ0n) is 16.2. The van der Waals surface area contributed by atoms with Gasteiger partial charge in [-0.25, -0.2) is 4.39 Å². The molecule has 0 N–H and O–H groups in total. The SMILES string of the molecule is Cc1cc(C)c(C2C(=O)[C@@H]3[C@@H]4O[C@@H](C[C@H]4c4ccccc4F)[C@@H]3C2=O)c(C)c1. The van der Waals surface area contributed by atoms with Gasteiger partial charge in [-0.05, 0) is 55.5 Å². The van der Waals surface area contributed by atoms with E-state index in [-0.39, 0.29) is 35.3 Å². The normalized spacial score (nSPS) is 33.6. The van der Waals surface area contributed by atoms with Gasteiger partial charge in [0.25, 0.3) is 0 Å². The standard InChI is InChI=1S/C24H23FO3/c1-11-8-12(2)18(13(3)9-11)20-22(26)19-17-10-15(14-6-4-5-7-16(14)25)24(28-17)21(19)23(20)27/h4-9,15,17,19-21,24H,10H2,1-3H3/t15-,17-,19-,20?,21+,24+/m0/s1. The van der Waals surface area contributed by atoms with Crippen LogP contribution in [0.3, 0.4) is 0 Å². The maximum atomic E-state index is 14.4. The molecule has 2 heterocycles. The van der Waals surface area contributed by atoms with Gasteiger partial charge in [-0.1, -0.05) is 35.9 Å². The average Bonchev–Trinajstić information content (AvgIpc) is 3.28. The van der Waals surface area contributed by atoms with Crippen LogP contribution in [0.5, 0.6) is 0 Å². The second kappa shape index (κ2) is 6.08. The summed E-state index contributed by atoms with van der Waals surface area (Å²) in [6.45, 7) is 5.96. The van der Waals surface area contributed by atoms with E-state index >= 15 is 0 Å². The molecule has 2 aromatic carbocycles. The molecule has 144 valence electrons. The molecule has 4 heteroatoms. The summed E-state index contributed by atoms with van der Waals surface area (Å²) in [5, 5.41) is 0. The summed E-state index contributed by atoms with van der Waals surface area (Å²) in [5.41, 5.74) is 4.56. The fourth-order valence-electron chi connectivity index (χ4n) is 5.97. The van der Waals surface area contributed by atoms with Crippen molar-refractivity contribution in [1.82, 2.24) is 0 Å². The van der Waals surface area contributed by atoms with Crippen molar-refractivity contribution >= 4 is 11.6 Å². The van der Waals surface area contributed by atoms with Gasteiger partial charge in [0.2, 0.25) is 0 Å². The minimum Gasteiger partial charge on any atom is -0.373 e. The van der Waals surface area contributed by atoms with Crippen molar-refractivity contribution < 1.29 is 18.7 Å². The maximum Gasteiger partial charge on any atom is 0.154 e. The van der Waals surface area contributed by atoms with Crippen LogP contribution in [0.2, 0.25) is 0 Å². The number of rotatable bonds is 2. The van der Waals surface area contributed by atoms with Crippen molar-refractivity contribution in [2.75, 3.05) is 0 Å². The Morgan fingerprint density at radius 1 is 0.964 bits per heavy atom. The third kappa shape index (κ3) is 2.30. The molecule has 3 nitrogen and oxygen atoms in total. The molecule has 2 aromatic rings. The Morgan fingerprint density at radius 3 is 2.29 bits per heavy atom. The summed E-state index contributed by atoms with van der Waals surface area (Å²) in [6, 6.07) is 10.8. The lowest BCUT2D eigenvalue weighted by molar-refractivity contribution is -0.127. The molecule has 0 aromatic heterocycles. The topological polar surface area (TPSA) is 43.4 Å². The molecule has 2 saturated heterocycles. The fourth-order valence-corrected chi connectivity index (χ4v) is 5.97. The van der Waals surface area contributed by atoms with E-state index in [0.29, 0.717) is 12.0 Å². The highest BCUT2D eigenvalue weighted by Crippen LogP contribution is 2.57. The Kier molecular flexibility index (Phi) is 3.86. The molecule has 3 aliphatic rings. The van der Waals surface area contributed by atoms with E-state index in [1.54, 1.807) is 12.1 Å². The van der Waals surface area contributed by atoms with E-state index in [1.165, 1.54) is 6.07 Å². The van der Waals surface area contributed by atoms with E-state index < -0.39 is 17.9 Å². The number of aryl methyl sites for hydroxylation is 3. The number of halogens is 1. The summed E-state index contributed by atoms with van der Waals surface area (Å²) >= 11 is 0. The molecular weight excluding hydrogens is 355 g/mol. The largest absolute Gasteiger partial charge is 0.373 e. The van der Waals surface area contributed by atoms with Crippen molar-refractivity contribution in [2.24, 2.45) is 11.8 Å². The average molecular weight is 378 g/mol. The third-order valence-electron chi connectivity index (χ3n) is 6.91. The minimum absolute atomic E-state index is 0.00969. The number of carbonyl (C=O) groups excluding carboxylic acids is 2. The first-order valence-corrected chi connectivity index (χ1v) is 9.93. The molecule has 5 rings (SSSR count). The van der Waals surface area contributed by atoms with Gasteiger partial charge in [0, 0.05) is 5.92 Å². The van der Waals surface area contributed by atoms with Crippen molar-refractivity contribution in [1.29, 1.82) is 0 Å². The van der Waals surface area contributed by atoms with Gasteiger partial charge >= 0.3 is 0 Å². The zero-order valence-corrected chi connectivity index (χ0v) is 16.2. The molecule has 0 amide bonds. The van der Waals surface area contributed by atoms with E-state index in [1.807, 2.05) is 39.0 Å². The Labute approximate surface area is 163 Å². The number of fused-ring (bicyclic) bond motifs is 5. The number of ether oxygens (including phenoxy) is 1. The van der Waals surface area contributed by atoms with Crippen LogP contribution in [0.25, 0.3) is 0 Å². The summed E-state index contributed by atoms with van der Waals surface area (Å²) in [6.07, 6.45) is -0.0868. The number of hydrogen-bond acceptors (Lipinski definition) is 3. The van der Waals surface area contributed by atoms with Crippen LogP contribution in [-0.4, -0.2) is 23.8 Å². The molecule has 2 aliphatic heterocycles. The first-order chi connectivity index (χ1) is 13.4. The fraction of sp³-hybridized carbons (Fsp3) is 0.417. The van der Waals surface area contributed by atoms with E-state index in [4.69, 9.17) is 4.74 Å². The van der Waals surface area contributed by atoms with Crippen molar-refractivity contribution in [3.05, 3.63) is 70.0 Å². The third-order valence-corrected chi connectivity index (χ3v) is 6.91. The Bertz CT molecular complexity index is 988. The van der Waals surface area contributed by atoms with E-state index in [2.05, 4.69) is 0 Å². The van der Waals surface area contributed by atoms with Crippen LogP contribution in [0.15, 0.2) is 36.4 Å². The maximum absolute atomic E-state index is 14.4. The molecule has 28 heavy (non-hydrogen) atoms. The van der Waals surface area contributed by atoms with Crippen molar-refractivity contribution in [2.45, 2.75) is 51.2 Å². The van der Waals surface area contributed by atoms with Crippen LogP contribution < -0.4 is 0 Å². The van der Waals surface area contributed by atoms with Gasteiger partial charge in [-0.15, -0.1) is 0 Å². The quantitative estimate of drug-likeness (QED) is 0.737. The Hall–Kier alpha value is -2.33. The molecular formula is C24H23FO3. The lowest BCUT2D eigenvalue weighted by atomic mass is 9.73. The number of ketones is 2. The van der Waals surface area contributed by atoms with E-state index in [0.717, 1.165) is 22.3 Å². The van der Waals surface area contributed by atoms with Crippen molar-refractivity contribution in [3.63, 3.8) is 0 Å². The van der Waals surface area contributed by atoms with Crippen LogP contribution in [-0.2, 0) is 14.3 Å². The van der Waals surface area contributed by atoms with Gasteiger partial charge in [-0.2, -0.15) is 0 Å². The molecule has 2 bridgehead atoms. The Morgan fingerprint density at radius 2 is 1.61 bits per heavy atom. The molecule has 1 unspecified atom stereocenters. The number of benzene rings is 2. The van der Waals surface area contributed by atoms with Crippen LogP contribution >= 0.6 is 0 Å². The van der Waals surface area contributed by atoms with Gasteiger partial charge in [0.05, 0.1) is 24.0 Å². The summed E-state index contributed by atoms with van der Waals surface area (Å²) in [7, 11) is 0. The first kappa shape index (κ1) is 17.7. The van der Waals surface area contributed by atoms with Crippen LogP contribution in [0, 0.1) is 38.4 Å². The second-order valence-corrected chi connectivity index (χ2v) is 8.60. The smallest absolute Gasteiger partial charge is 0.154 e. The predicted octanol–water partition coefficient (Wildman–Crippen LogP) is 4.17. The lowest BCUT2D eigenvalue weighted by Crippen LogP contribution is -2.34. The summed E-state index contributed by atoms with van der Waals surface area (Å²) in [5.74, 6) is -2.03. The summed E-state index contributed by atoms with van der Waals surface area (Å²) in [4.78, 5) is 26.8. The highest BCUT2D eigenvalue weighted by atomic mass is 19.1. The molecule has 1 saturated carbocycles. The molecule has 0 spiro atoms. The van der Waals surface area contributed by atoms with Crippen LogP contribution in [0.1, 0.15) is 46.1 Å². The number of carbonyl (C=O) groups is 2. The summed E-state index contributed by atoms with van der Waals surface area (Å²) < 4.78 is 20.4. The monoisotopic (exact) mass is 378 g/mol. The second-order valence-electron chi connectivity index (χ2n) is 8.60. The molecule has 3 fully saturated rings. The zero-order chi connectivity index (χ0) is 19.7. The van der Waals surface area contributed by atoms with Gasteiger partial charge < -0.3 is 4.74 Å². The molecule has 1 aliphatic carbocycles. The number of hydrogen-bond donors (Lipinski definition) is 0. The number of Topliss-reactive ketones (excluding diaryl/α,β-unsaturated/α-hetero) is 2. The van der Waals surface area contributed by atoms with Crippen LogP contribution in [0.4, 0.5) is 4.39 Å². The van der Waals surface area contributed by atoms with Gasteiger partial charge in [0.1, 0.15) is 11.7 Å². The Balaban J connectivity index is 1.54. The predicted molar refractivity (Wildman–Crippen MR) is 103 cm³/mol. The molecule has 6 atom stereocenters. The molecule has 0 radical (unpaired) electrons. The van der Waals surface area contributed by atoms with Gasteiger partial charge in [-0.3, -0.25) is 9.59 Å².